The Balaban J connectivity index is 1.72. The van der Waals surface area contributed by atoms with E-state index in [0.717, 1.165) is 5.56 Å². The molecule has 0 saturated heterocycles. The highest BCUT2D eigenvalue weighted by Crippen LogP contribution is 2.23. The molecule has 1 atom stereocenters. The molecule has 8 heteroatoms. The molecule has 0 bridgehead atoms. The van der Waals surface area contributed by atoms with E-state index in [1.54, 1.807) is 41.3 Å². The van der Waals surface area contributed by atoms with E-state index in [0.29, 0.717) is 29.0 Å². The van der Waals surface area contributed by atoms with Gasteiger partial charge in [0.15, 0.2) is 0 Å². The van der Waals surface area contributed by atoms with Crippen LogP contribution in [0.2, 0.25) is 5.02 Å². The van der Waals surface area contributed by atoms with Crippen LogP contribution < -0.4 is 5.32 Å². The van der Waals surface area contributed by atoms with E-state index < -0.39 is 11.6 Å². The predicted molar refractivity (Wildman–Crippen MR) is 135 cm³/mol. The topological polar surface area (TPSA) is 86.8 Å². The van der Waals surface area contributed by atoms with Crippen LogP contribution in [0.25, 0.3) is 0 Å². The average molecular weight is 498 g/mol. The van der Waals surface area contributed by atoms with E-state index in [1.165, 1.54) is 4.90 Å². The van der Waals surface area contributed by atoms with Crippen LogP contribution in [-0.4, -0.2) is 51.6 Å². The molecule has 3 rings (SSSR count). The largest absolute Gasteiger partial charge is 0.350 e. The summed E-state index contributed by atoms with van der Waals surface area (Å²) in [6, 6.07) is 13.2. The molecule has 2 aromatic carbocycles. The van der Waals surface area contributed by atoms with Crippen molar-refractivity contribution in [3.63, 3.8) is 0 Å². The third-order valence-corrected chi connectivity index (χ3v) is 6.05. The Labute approximate surface area is 211 Å². The van der Waals surface area contributed by atoms with Crippen LogP contribution >= 0.6 is 11.6 Å². The second-order valence-corrected chi connectivity index (χ2v) is 10.2. The van der Waals surface area contributed by atoms with Gasteiger partial charge in [0.25, 0.3) is 11.8 Å². The second kappa shape index (κ2) is 11.0. The van der Waals surface area contributed by atoms with Gasteiger partial charge in [0.2, 0.25) is 11.8 Å². The molecule has 0 radical (unpaired) electrons. The Morgan fingerprint density at radius 1 is 1.00 bits per heavy atom. The van der Waals surface area contributed by atoms with Crippen LogP contribution in [-0.2, 0) is 16.1 Å². The monoisotopic (exact) mass is 497 g/mol. The molecule has 2 aromatic rings. The van der Waals surface area contributed by atoms with Crippen molar-refractivity contribution in [3.8, 4) is 0 Å². The van der Waals surface area contributed by atoms with Crippen LogP contribution in [0.5, 0.6) is 0 Å². The van der Waals surface area contributed by atoms with Crippen molar-refractivity contribution < 1.29 is 19.2 Å². The van der Waals surface area contributed by atoms with Gasteiger partial charge in [-0.3, -0.25) is 24.1 Å². The molecule has 0 spiro atoms. The lowest BCUT2D eigenvalue weighted by Crippen LogP contribution is -2.53. The number of carbonyl (C=O) groups excluding carboxylic acids is 4. The van der Waals surface area contributed by atoms with Gasteiger partial charge >= 0.3 is 0 Å². The Bertz CT molecular complexity index is 1070. The summed E-state index contributed by atoms with van der Waals surface area (Å²) in [7, 11) is 0. The van der Waals surface area contributed by atoms with E-state index in [1.807, 2.05) is 39.8 Å². The number of carbonyl (C=O) groups is 4. The molecule has 0 aliphatic carbocycles. The fraction of sp³-hybridized carbons (Fsp3) is 0.407. The van der Waals surface area contributed by atoms with E-state index in [2.05, 4.69) is 5.32 Å². The fourth-order valence-electron chi connectivity index (χ4n) is 4.13. The molecule has 4 amide bonds. The molecule has 1 aliphatic heterocycles. The standard InChI is InChI=1S/C27H32ClN3O4/c1-5-22(24(33)29-27(2,3)4)31(17-18-12-14-19(28)15-13-18)23(32)11-8-16-30-25(34)20-9-6-7-10-21(20)26(30)35/h6-7,9-10,12-15,22H,5,8,11,16-17H2,1-4H3,(H,29,33)/t22-/m1/s1. The van der Waals surface area contributed by atoms with Crippen LogP contribution in [0.4, 0.5) is 0 Å². The number of hydrogen-bond donors (Lipinski definition) is 1. The molecule has 7 nitrogen and oxygen atoms in total. The highest BCUT2D eigenvalue weighted by atomic mass is 35.5. The third-order valence-electron chi connectivity index (χ3n) is 5.80. The van der Waals surface area contributed by atoms with Crippen molar-refractivity contribution in [2.75, 3.05) is 6.54 Å². The average Bonchev–Trinajstić information content (AvgIpc) is 3.04. The molecule has 186 valence electrons. The van der Waals surface area contributed by atoms with E-state index >= 15 is 0 Å². The summed E-state index contributed by atoms with van der Waals surface area (Å²) >= 11 is 6.01. The Morgan fingerprint density at radius 2 is 1.57 bits per heavy atom. The number of imide groups is 1. The molecule has 0 fully saturated rings. The summed E-state index contributed by atoms with van der Waals surface area (Å²) in [4.78, 5) is 54.4. The van der Waals surface area contributed by atoms with E-state index in [9.17, 15) is 19.2 Å². The molecule has 0 aromatic heterocycles. The van der Waals surface area contributed by atoms with Crippen molar-refractivity contribution in [1.29, 1.82) is 0 Å². The smallest absolute Gasteiger partial charge is 0.261 e. The quantitative estimate of drug-likeness (QED) is 0.519. The number of rotatable bonds is 9. The predicted octanol–water partition coefficient (Wildman–Crippen LogP) is 4.44. The van der Waals surface area contributed by atoms with Crippen LogP contribution in [0.15, 0.2) is 48.5 Å². The summed E-state index contributed by atoms with van der Waals surface area (Å²) in [5, 5.41) is 3.56. The van der Waals surface area contributed by atoms with Crippen molar-refractivity contribution in [3.05, 3.63) is 70.2 Å². The zero-order valence-electron chi connectivity index (χ0n) is 20.6. The SMILES string of the molecule is CC[C@H](C(=O)NC(C)(C)C)N(Cc1ccc(Cl)cc1)C(=O)CCCN1C(=O)c2ccccc2C1=O. The highest BCUT2D eigenvalue weighted by molar-refractivity contribution is 6.30. The normalized spacial score (nSPS) is 14.0. The molecule has 35 heavy (non-hydrogen) atoms. The first-order chi connectivity index (χ1) is 16.5. The van der Waals surface area contributed by atoms with Crippen molar-refractivity contribution in [2.24, 2.45) is 0 Å². The van der Waals surface area contributed by atoms with Crippen LogP contribution in [0, 0.1) is 0 Å². The number of fused-ring (bicyclic) bond motifs is 1. The Hall–Kier alpha value is -3.19. The van der Waals surface area contributed by atoms with Gasteiger partial charge in [-0.25, -0.2) is 0 Å². The molecule has 0 saturated carbocycles. The van der Waals surface area contributed by atoms with Gasteiger partial charge in [-0.05, 0) is 63.4 Å². The number of nitrogens with one attached hydrogen (secondary N) is 1. The number of halogens is 1. The fourth-order valence-corrected chi connectivity index (χ4v) is 4.26. The third kappa shape index (κ3) is 6.48. The van der Waals surface area contributed by atoms with Crippen molar-refractivity contribution in [2.45, 2.75) is 65.1 Å². The van der Waals surface area contributed by atoms with Gasteiger partial charge in [0.05, 0.1) is 11.1 Å². The van der Waals surface area contributed by atoms with Gasteiger partial charge in [0.1, 0.15) is 6.04 Å². The van der Waals surface area contributed by atoms with E-state index in [4.69, 9.17) is 11.6 Å². The summed E-state index contributed by atoms with van der Waals surface area (Å²) in [5.74, 6) is -1.12. The molecular weight excluding hydrogens is 466 g/mol. The summed E-state index contributed by atoms with van der Waals surface area (Å²) in [6.45, 7) is 7.94. The van der Waals surface area contributed by atoms with Crippen molar-refractivity contribution >= 4 is 35.2 Å². The first-order valence-electron chi connectivity index (χ1n) is 11.8. The maximum absolute atomic E-state index is 13.4. The second-order valence-electron chi connectivity index (χ2n) is 9.72. The first-order valence-corrected chi connectivity index (χ1v) is 12.2. The molecule has 1 N–H and O–H groups in total. The minimum absolute atomic E-state index is 0.0975. The molecule has 1 aliphatic rings. The zero-order valence-corrected chi connectivity index (χ0v) is 21.4. The summed E-state index contributed by atoms with van der Waals surface area (Å²) in [5.41, 5.74) is 1.19. The maximum atomic E-state index is 13.4. The maximum Gasteiger partial charge on any atom is 0.261 e. The summed E-state index contributed by atoms with van der Waals surface area (Å²) in [6.07, 6.45) is 0.846. The van der Waals surface area contributed by atoms with Gasteiger partial charge in [0, 0.05) is 30.1 Å². The Morgan fingerprint density at radius 3 is 2.09 bits per heavy atom. The first kappa shape index (κ1) is 26.4. The number of amides is 4. The van der Waals surface area contributed by atoms with Gasteiger partial charge in [-0.15, -0.1) is 0 Å². The molecule has 0 unspecified atom stereocenters. The van der Waals surface area contributed by atoms with Gasteiger partial charge < -0.3 is 10.2 Å². The lowest BCUT2D eigenvalue weighted by molar-refractivity contribution is -0.142. The minimum Gasteiger partial charge on any atom is -0.350 e. The van der Waals surface area contributed by atoms with Crippen LogP contribution in [0.3, 0.4) is 0 Å². The van der Waals surface area contributed by atoms with Crippen molar-refractivity contribution in [1.82, 2.24) is 15.1 Å². The lowest BCUT2D eigenvalue weighted by Gasteiger charge is -2.33. The van der Waals surface area contributed by atoms with Crippen LogP contribution in [0.1, 0.15) is 73.2 Å². The Kier molecular flexibility index (Phi) is 8.33. The lowest BCUT2D eigenvalue weighted by atomic mass is 10.0. The number of nitrogens with zero attached hydrogens (tertiary/aromatic N) is 2. The minimum atomic E-state index is -0.656. The molecule has 1 heterocycles. The molecular formula is C27H32ClN3O4. The van der Waals surface area contributed by atoms with Gasteiger partial charge in [-0.2, -0.15) is 0 Å². The van der Waals surface area contributed by atoms with E-state index in [-0.39, 0.29) is 43.1 Å². The number of benzene rings is 2. The summed E-state index contributed by atoms with van der Waals surface area (Å²) < 4.78 is 0. The van der Waals surface area contributed by atoms with Gasteiger partial charge in [-0.1, -0.05) is 42.8 Å². The number of hydrogen-bond acceptors (Lipinski definition) is 4. The highest BCUT2D eigenvalue weighted by Gasteiger charge is 2.35. The zero-order chi connectivity index (χ0) is 25.8.